The first kappa shape index (κ1) is 19.6. The third kappa shape index (κ3) is 3.53. The summed E-state index contributed by atoms with van der Waals surface area (Å²) >= 11 is 0. The number of fused-ring (bicyclic) bond motifs is 2. The number of aromatic amines is 2. The number of H-pyrrole nitrogens is 2. The Hall–Kier alpha value is -4.13. The van der Waals surface area contributed by atoms with Crippen molar-refractivity contribution >= 4 is 22.1 Å². The number of benzene rings is 2. The normalized spacial score (nSPS) is 10.4. The molecule has 0 fully saturated rings. The van der Waals surface area contributed by atoms with Gasteiger partial charge in [-0.25, -0.2) is 13.8 Å². The van der Waals surface area contributed by atoms with Crippen LogP contribution in [-0.4, -0.2) is 15.0 Å². The molecule has 0 aliphatic heterocycles. The molecule has 0 amide bonds. The van der Waals surface area contributed by atoms with Crippen molar-refractivity contribution in [3.05, 3.63) is 84.8 Å². The second kappa shape index (κ2) is 7.47. The zero-order valence-electron chi connectivity index (χ0n) is 15.2. The highest BCUT2D eigenvalue weighted by Gasteiger charge is 2.18. The maximum atomic E-state index is 13.2. The molecule has 10 heteroatoms. The van der Waals surface area contributed by atoms with Gasteiger partial charge in [-0.2, -0.15) is 5.26 Å². The third-order valence-corrected chi connectivity index (χ3v) is 4.30. The lowest BCUT2D eigenvalue weighted by atomic mass is 10.2. The van der Waals surface area contributed by atoms with Gasteiger partial charge in [-0.05, 0) is 32.0 Å². The monoisotopic (exact) mass is 397 g/mol. The van der Waals surface area contributed by atoms with E-state index in [0.717, 1.165) is 6.07 Å². The average Bonchev–Trinajstić information content (AvgIpc) is 2.69. The molecule has 0 aliphatic rings. The Kier molecular flexibility index (Phi) is 5.06. The molecule has 0 aliphatic carbocycles. The molecule has 4 aromatic rings. The van der Waals surface area contributed by atoms with E-state index in [1.807, 2.05) is 0 Å². The summed E-state index contributed by atoms with van der Waals surface area (Å²) in [6.07, 6.45) is 1.18. The van der Waals surface area contributed by atoms with E-state index in [0.29, 0.717) is 16.6 Å². The summed E-state index contributed by atoms with van der Waals surface area (Å²) in [6.45, 7) is 3.05. The molecule has 2 aromatic heterocycles. The van der Waals surface area contributed by atoms with E-state index in [9.17, 15) is 23.6 Å². The van der Waals surface area contributed by atoms with E-state index in [1.54, 1.807) is 6.92 Å². The van der Waals surface area contributed by atoms with Crippen LogP contribution in [0.15, 0.2) is 40.1 Å². The summed E-state index contributed by atoms with van der Waals surface area (Å²) in [5, 5.41) is 20.2. The molecule has 0 atom stereocenters. The molecule has 0 spiro atoms. The first-order valence-corrected chi connectivity index (χ1v) is 8.23. The zero-order chi connectivity index (χ0) is 21.3. The van der Waals surface area contributed by atoms with E-state index in [4.69, 9.17) is 5.26 Å². The van der Waals surface area contributed by atoms with Crippen LogP contribution < -0.4 is 15.8 Å². The number of hydrogen-bond donors (Lipinski definition) is 2. The summed E-state index contributed by atoms with van der Waals surface area (Å²) < 4.78 is 26.4. The Morgan fingerprint density at radius 3 is 2.31 bits per heavy atom. The molecule has 0 saturated heterocycles. The lowest BCUT2D eigenvalue weighted by Gasteiger charge is -2.04. The number of aromatic nitrogens is 4. The lowest BCUT2D eigenvalue weighted by molar-refractivity contribution is -0.581. The van der Waals surface area contributed by atoms with Crippen LogP contribution in [0, 0.1) is 42.0 Å². The molecule has 0 radical (unpaired) electrons. The average molecular weight is 397 g/mol. The number of rotatable bonds is 0. The van der Waals surface area contributed by atoms with Gasteiger partial charge >= 0.3 is 11.3 Å². The Morgan fingerprint density at radius 1 is 1.03 bits per heavy atom. The molecule has 29 heavy (non-hydrogen) atoms. The molecule has 0 saturated carbocycles. The smallest absolute Gasteiger partial charge is 0.360 e. The van der Waals surface area contributed by atoms with E-state index in [-0.39, 0.29) is 32.7 Å². The summed E-state index contributed by atoms with van der Waals surface area (Å²) in [7, 11) is 0. The predicted molar refractivity (Wildman–Crippen MR) is 100.0 cm³/mol. The minimum Gasteiger partial charge on any atom is -0.617 e. The first-order valence-electron chi connectivity index (χ1n) is 8.23. The summed E-state index contributed by atoms with van der Waals surface area (Å²) in [5.41, 5.74) is 0.129. The maximum Gasteiger partial charge on any atom is 0.360 e. The molecular formula is C19H13F2N5O3. The Labute approximate surface area is 161 Å². The molecular weight excluding hydrogens is 384 g/mol. The highest BCUT2D eigenvalue weighted by atomic mass is 19.1. The van der Waals surface area contributed by atoms with Crippen LogP contribution in [0.4, 0.5) is 8.78 Å². The topological polar surface area (TPSA) is 129 Å². The van der Waals surface area contributed by atoms with Gasteiger partial charge in [0.15, 0.2) is 6.07 Å². The number of nitrogens with zero attached hydrogens (tertiary/aromatic N) is 3. The highest BCUT2D eigenvalue weighted by molar-refractivity contribution is 5.77. The van der Waals surface area contributed by atoms with Crippen molar-refractivity contribution in [3.63, 3.8) is 0 Å². The van der Waals surface area contributed by atoms with Gasteiger partial charge in [0.05, 0.1) is 17.2 Å². The number of aryl methyl sites for hydroxylation is 2. The van der Waals surface area contributed by atoms with Gasteiger partial charge in [0.25, 0.3) is 5.56 Å². The molecule has 4 rings (SSSR count). The van der Waals surface area contributed by atoms with Gasteiger partial charge in [0.2, 0.25) is 5.52 Å². The molecule has 0 bridgehead atoms. The molecule has 2 heterocycles. The Morgan fingerprint density at radius 2 is 1.66 bits per heavy atom. The van der Waals surface area contributed by atoms with E-state index in [1.165, 1.54) is 37.4 Å². The minimum atomic E-state index is -0.821. The summed E-state index contributed by atoms with van der Waals surface area (Å²) in [6, 6.07) is 6.71. The fourth-order valence-corrected chi connectivity index (χ4v) is 2.70. The molecule has 8 nitrogen and oxygen atoms in total. The maximum absolute atomic E-state index is 13.2. The number of hydrogen-bond acceptors (Lipinski definition) is 5. The van der Waals surface area contributed by atoms with Crippen molar-refractivity contribution in [3.8, 4) is 6.07 Å². The van der Waals surface area contributed by atoms with Crippen molar-refractivity contribution < 1.29 is 13.5 Å². The van der Waals surface area contributed by atoms with Crippen LogP contribution in [0.3, 0.4) is 0 Å². The van der Waals surface area contributed by atoms with Crippen LogP contribution in [-0.2, 0) is 0 Å². The van der Waals surface area contributed by atoms with Crippen molar-refractivity contribution in [2.24, 2.45) is 0 Å². The third-order valence-electron chi connectivity index (χ3n) is 4.30. The number of nitrogens with one attached hydrogen (secondary N) is 2. The van der Waals surface area contributed by atoms with Crippen LogP contribution in [0.1, 0.15) is 16.8 Å². The molecule has 0 unspecified atom stereocenters. The fourth-order valence-electron chi connectivity index (χ4n) is 2.70. The predicted octanol–water partition coefficient (Wildman–Crippen LogP) is 1.85. The minimum absolute atomic E-state index is 0.0649. The number of halogens is 2. The Balaban J connectivity index is 0.000000169. The van der Waals surface area contributed by atoms with Gasteiger partial charge in [0, 0.05) is 17.2 Å². The van der Waals surface area contributed by atoms with Crippen molar-refractivity contribution in [2.75, 3.05) is 0 Å². The second-order valence-corrected chi connectivity index (χ2v) is 6.09. The van der Waals surface area contributed by atoms with E-state index < -0.39 is 17.1 Å². The van der Waals surface area contributed by atoms with Crippen molar-refractivity contribution in [2.45, 2.75) is 13.8 Å². The van der Waals surface area contributed by atoms with Crippen LogP contribution in [0.5, 0.6) is 0 Å². The van der Waals surface area contributed by atoms with Crippen LogP contribution in [0.25, 0.3) is 22.1 Å². The van der Waals surface area contributed by atoms with Crippen LogP contribution in [0.2, 0.25) is 0 Å². The van der Waals surface area contributed by atoms with Gasteiger partial charge in [-0.1, -0.05) is 0 Å². The van der Waals surface area contributed by atoms with Gasteiger partial charge in [-0.15, -0.1) is 4.73 Å². The Bertz CT molecular complexity index is 1420. The summed E-state index contributed by atoms with van der Waals surface area (Å²) in [4.78, 5) is 31.0. The lowest BCUT2D eigenvalue weighted by Crippen LogP contribution is -2.39. The largest absolute Gasteiger partial charge is 0.617 e. The van der Waals surface area contributed by atoms with E-state index >= 15 is 0 Å². The summed E-state index contributed by atoms with van der Waals surface area (Å²) in [5.74, 6) is -0.857. The standard InChI is InChI=1S/C10H6FN3O2.C9H7FN2O/c1-5-6(11)2-3-7-9(5)13-10(15)8(4-12)14(7)16;1-5-6(10)2-3-7-9(5)12-8(13)4-11-7/h2-3H,1H3,(H,13,15);2-4H,1H3,(H,12,13). The van der Waals surface area contributed by atoms with Gasteiger partial charge in [0.1, 0.15) is 17.2 Å². The van der Waals surface area contributed by atoms with Gasteiger partial charge < -0.3 is 15.2 Å². The fraction of sp³-hybridized carbons (Fsp3) is 0.105. The quantitative estimate of drug-likeness (QED) is 0.346. The van der Waals surface area contributed by atoms with E-state index in [2.05, 4.69) is 15.0 Å². The first-order chi connectivity index (χ1) is 13.7. The highest BCUT2D eigenvalue weighted by Crippen LogP contribution is 2.15. The molecule has 2 aromatic carbocycles. The number of nitriles is 1. The second-order valence-electron chi connectivity index (χ2n) is 6.09. The van der Waals surface area contributed by atoms with Gasteiger partial charge in [-0.3, -0.25) is 9.59 Å². The SMILES string of the molecule is Cc1c(F)ccc2c1[nH]c(=O)c(C#N)[n+]2[O-].Cc1c(F)ccc2ncc(=O)[nH]c12. The molecule has 146 valence electrons. The van der Waals surface area contributed by atoms with Crippen LogP contribution >= 0.6 is 0 Å². The van der Waals surface area contributed by atoms with Crippen molar-refractivity contribution in [1.29, 1.82) is 5.26 Å². The molecule has 2 N–H and O–H groups in total. The zero-order valence-corrected chi connectivity index (χ0v) is 15.2. The van der Waals surface area contributed by atoms with Crippen molar-refractivity contribution in [1.82, 2.24) is 15.0 Å².